The number of carboxylic acid groups (broad SMARTS) is 1. The molecule has 3 fully saturated rings. The standard InChI is InChI=1S/C28H36O5/c1-6-13-33-26(32)21(25(30)31)15-23-16(2)17(3)24-20-8-7-18-14-19(29)9-11-27(18,4)22(20)10-12-28(23,24)5/h6,14,20-24H,1-3,7-13,15H2,4-5H3,(H,30,31)/t20-,21?,22+,23-,24+,27+,28-/m1/s1. The maximum atomic E-state index is 12.5. The number of hydrogen-bond acceptors (Lipinski definition) is 4. The lowest BCUT2D eigenvalue weighted by atomic mass is 9.46. The van der Waals surface area contributed by atoms with Crippen molar-refractivity contribution < 1.29 is 24.2 Å². The van der Waals surface area contributed by atoms with Crippen molar-refractivity contribution in [2.75, 3.05) is 6.61 Å². The zero-order chi connectivity index (χ0) is 24.1. The Morgan fingerprint density at radius 3 is 2.61 bits per heavy atom. The average molecular weight is 453 g/mol. The van der Waals surface area contributed by atoms with Crippen molar-refractivity contribution in [3.63, 3.8) is 0 Å². The minimum absolute atomic E-state index is 0.00151. The number of esters is 1. The van der Waals surface area contributed by atoms with Gasteiger partial charge >= 0.3 is 11.9 Å². The molecular weight excluding hydrogens is 416 g/mol. The molecule has 0 heterocycles. The van der Waals surface area contributed by atoms with Gasteiger partial charge in [0.2, 0.25) is 0 Å². The van der Waals surface area contributed by atoms with Gasteiger partial charge in [-0.15, -0.1) is 0 Å². The van der Waals surface area contributed by atoms with Crippen molar-refractivity contribution in [2.24, 2.45) is 40.4 Å². The summed E-state index contributed by atoms with van der Waals surface area (Å²) in [7, 11) is 0. The topological polar surface area (TPSA) is 80.7 Å². The molecule has 7 atom stereocenters. The molecule has 33 heavy (non-hydrogen) atoms. The fraction of sp³-hybridized carbons (Fsp3) is 0.607. The predicted molar refractivity (Wildman–Crippen MR) is 126 cm³/mol. The normalized spacial score (nSPS) is 38.5. The second-order valence-corrected chi connectivity index (χ2v) is 11.0. The Morgan fingerprint density at radius 1 is 1.21 bits per heavy atom. The molecule has 0 spiro atoms. The quantitative estimate of drug-likeness (QED) is 0.337. The lowest BCUT2D eigenvalue weighted by Gasteiger charge is -2.58. The Balaban J connectivity index is 1.63. The number of carbonyl (C=O) groups is 3. The number of allylic oxidation sites excluding steroid dienone is 3. The molecule has 4 rings (SSSR count). The highest BCUT2D eigenvalue weighted by molar-refractivity contribution is 5.94. The van der Waals surface area contributed by atoms with Crippen molar-refractivity contribution >= 4 is 17.7 Å². The molecule has 0 aromatic heterocycles. The summed E-state index contributed by atoms with van der Waals surface area (Å²) in [5, 5.41) is 9.80. The Morgan fingerprint density at radius 2 is 1.94 bits per heavy atom. The van der Waals surface area contributed by atoms with Gasteiger partial charge in [-0.25, -0.2) is 0 Å². The van der Waals surface area contributed by atoms with E-state index in [4.69, 9.17) is 4.74 Å². The van der Waals surface area contributed by atoms with Gasteiger partial charge in [0.15, 0.2) is 11.7 Å². The predicted octanol–water partition coefficient (Wildman–Crippen LogP) is 5.29. The third-order valence-corrected chi connectivity index (χ3v) is 9.58. The van der Waals surface area contributed by atoms with E-state index in [1.807, 2.05) is 6.08 Å². The molecule has 3 saturated carbocycles. The van der Waals surface area contributed by atoms with Gasteiger partial charge in [0, 0.05) is 6.42 Å². The summed E-state index contributed by atoms with van der Waals surface area (Å²) in [4.78, 5) is 36.6. The van der Waals surface area contributed by atoms with Gasteiger partial charge in [-0.2, -0.15) is 0 Å². The molecule has 0 amide bonds. The first kappa shape index (κ1) is 23.7. The van der Waals surface area contributed by atoms with Crippen molar-refractivity contribution in [2.45, 2.75) is 58.8 Å². The van der Waals surface area contributed by atoms with Crippen LogP contribution in [0.5, 0.6) is 0 Å². The van der Waals surface area contributed by atoms with E-state index >= 15 is 0 Å². The zero-order valence-corrected chi connectivity index (χ0v) is 19.9. The van der Waals surface area contributed by atoms with Gasteiger partial charge in [0.1, 0.15) is 6.61 Å². The number of ketones is 1. The minimum atomic E-state index is -1.23. The van der Waals surface area contributed by atoms with E-state index in [0.717, 1.165) is 43.3 Å². The van der Waals surface area contributed by atoms with Gasteiger partial charge in [-0.3, -0.25) is 14.4 Å². The van der Waals surface area contributed by atoms with Crippen LogP contribution in [0.4, 0.5) is 0 Å². The van der Waals surface area contributed by atoms with Crippen LogP contribution in [0.25, 0.3) is 0 Å². The van der Waals surface area contributed by atoms with Crippen LogP contribution in [0.2, 0.25) is 0 Å². The number of fused-ring (bicyclic) bond motifs is 5. The monoisotopic (exact) mass is 452 g/mol. The Bertz CT molecular complexity index is 957. The molecule has 0 aliphatic heterocycles. The van der Waals surface area contributed by atoms with Crippen molar-refractivity contribution in [3.05, 3.63) is 48.6 Å². The van der Waals surface area contributed by atoms with Crippen LogP contribution in [0.1, 0.15) is 58.8 Å². The summed E-state index contributed by atoms with van der Waals surface area (Å²) in [5.74, 6) is -1.82. The molecule has 5 heteroatoms. The van der Waals surface area contributed by atoms with E-state index in [1.54, 1.807) is 0 Å². The molecule has 0 bridgehead atoms. The van der Waals surface area contributed by atoms with Gasteiger partial charge in [0.25, 0.3) is 0 Å². The van der Waals surface area contributed by atoms with Gasteiger partial charge < -0.3 is 9.84 Å². The van der Waals surface area contributed by atoms with E-state index in [9.17, 15) is 19.5 Å². The molecule has 4 aliphatic rings. The average Bonchev–Trinajstić information content (AvgIpc) is 2.95. The molecule has 4 aliphatic carbocycles. The smallest absolute Gasteiger partial charge is 0.320 e. The van der Waals surface area contributed by atoms with Gasteiger partial charge in [-0.05, 0) is 90.2 Å². The summed E-state index contributed by atoms with van der Waals surface area (Å²) in [5.41, 5.74) is 3.12. The number of carboxylic acids is 1. The molecular formula is C28H36O5. The van der Waals surface area contributed by atoms with Gasteiger partial charge in [0.05, 0.1) is 0 Å². The van der Waals surface area contributed by atoms with E-state index in [2.05, 4.69) is 33.6 Å². The highest BCUT2D eigenvalue weighted by Crippen LogP contribution is 2.69. The number of aliphatic carboxylic acids is 1. The zero-order valence-electron chi connectivity index (χ0n) is 19.9. The summed E-state index contributed by atoms with van der Waals surface area (Å²) >= 11 is 0. The molecule has 0 radical (unpaired) electrons. The highest BCUT2D eigenvalue weighted by atomic mass is 16.5. The van der Waals surface area contributed by atoms with E-state index in [1.165, 1.54) is 11.6 Å². The number of carbonyl (C=O) groups excluding carboxylic acids is 2. The van der Waals surface area contributed by atoms with Crippen LogP contribution >= 0.6 is 0 Å². The van der Waals surface area contributed by atoms with Crippen LogP contribution in [-0.4, -0.2) is 29.4 Å². The first-order valence-corrected chi connectivity index (χ1v) is 12.2. The van der Waals surface area contributed by atoms with Crippen molar-refractivity contribution in [3.8, 4) is 0 Å². The van der Waals surface area contributed by atoms with E-state index in [-0.39, 0.29) is 41.5 Å². The van der Waals surface area contributed by atoms with Crippen LogP contribution in [0.15, 0.2) is 48.6 Å². The van der Waals surface area contributed by atoms with Crippen molar-refractivity contribution in [1.82, 2.24) is 0 Å². The van der Waals surface area contributed by atoms with Crippen LogP contribution < -0.4 is 0 Å². The lowest BCUT2D eigenvalue weighted by Crippen LogP contribution is -2.51. The molecule has 1 unspecified atom stereocenters. The van der Waals surface area contributed by atoms with E-state index < -0.39 is 17.9 Å². The first-order chi connectivity index (χ1) is 15.5. The number of hydrogen-bond donors (Lipinski definition) is 1. The maximum absolute atomic E-state index is 12.5. The van der Waals surface area contributed by atoms with Crippen molar-refractivity contribution in [1.29, 1.82) is 0 Å². The Hall–Kier alpha value is -2.43. The third-order valence-electron chi connectivity index (χ3n) is 9.58. The summed E-state index contributed by atoms with van der Waals surface area (Å²) in [6.07, 6.45) is 8.99. The second kappa shape index (κ2) is 8.41. The maximum Gasteiger partial charge on any atom is 0.320 e. The minimum Gasteiger partial charge on any atom is -0.481 e. The molecule has 0 aromatic carbocycles. The Kier molecular flexibility index (Phi) is 6.05. The van der Waals surface area contributed by atoms with Gasteiger partial charge in [-0.1, -0.05) is 45.2 Å². The fourth-order valence-electron chi connectivity index (χ4n) is 7.85. The molecule has 0 aromatic rings. The van der Waals surface area contributed by atoms with Crippen LogP contribution in [0.3, 0.4) is 0 Å². The largest absolute Gasteiger partial charge is 0.481 e. The summed E-state index contributed by atoms with van der Waals surface area (Å²) < 4.78 is 5.10. The lowest BCUT2D eigenvalue weighted by molar-refractivity contribution is -0.159. The highest BCUT2D eigenvalue weighted by Gasteiger charge is 2.61. The number of ether oxygens (including phenoxy) is 1. The molecule has 178 valence electrons. The Labute approximate surface area is 196 Å². The first-order valence-electron chi connectivity index (χ1n) is 12.2. The summed E-state index contributed by atoms with van der Waals surface area (Å²) in [6, 6.07) is 0. The summed E-state index contributed by atoms with van der Waals surface area (Å²) in [6.45, 7) is 16.9. The molecule has 5 nitrogen and oxygen atoms in total. The third kappa shape index (κ3) is 3.64. The SMILES string of the molecule is C=CCOC(=O)C(C[C@@H]1C(=C)C(=C)[C@H]2[C@@H]3CCC4=CC(=O)CC[C@]4(C)[C@H]3CC[C@]12C)C(=O)O. The number of rotatable bonds is 6. The second-order valence-electron chi connectivity index (χ2n) is 11.0. The molecule has 1 N–H and O–H groups in total. The van der Waals surface area contributed by atoms with E-state index in [0.29, 0.717) is 18.3 Å². The molecule has 0 saturated heterocycles. The van der Waals surface area contributed by atoms with Crippen LogP contribution in [-0.2, 0) is 19.1 Å². The van der Waals surface area contributed by atoms with Crippen LogP contribution in [0, 0.1) is 40.4 Å². The fourth-order valence-corrected chi connectivity index (χ4v) is 7.85.